The van der Waals surface area contributed by atoms with E-state index < -0.39 is 5.76 Å². The van der Waals surface area contributed by atoms with Gasteiger partial charge in [0.25, 0.3) is 11.7 Å². The van der Waals surface area contributed by atoms with Crippen molar-refractivity contribution in [3.8, 4) is 5.75 Å². The first kappa shape index (κ1) is 20.2. The minimum atomic E-state index is -2.49. The molecule has 0 radical (unpaired) electrons. The Labute approximate surface area is 167 Å². The van der Waals surface area contributed by atoms with Crippen LogP contribution in [-0.2, 0) is 6.61 Å². The second-order valence-electron chi connectivity index (χ2n) is 5.62. The van der Waals surface area contributed by atoms with Crippen LogP contribution < -0.4 is 10.1 Å². The van der Waals surface area contributed by atoms with Gasteiger partial charge in [0.2, 0.25) is 0 Å². The normalized spacial score (nSPS) is 10.9. The van der Waals surface area contributed by atoms with Crippen LogP contribution in [0.4, 0.5) is 18.9 Å². The Balaban J connectivity index is 1.61. The fourth-order valence-corrected chi connectivity index (χ4v) is 3.68. The second-order valence-corrected chi connectivity index (χ2v) is 7.77. The monoisotopic (exact) mass is 424 g/mol. The molecule has 0 saturated carbocycles. The lowest BCUT2D eigenvalue weighted by atomic mass is 10.3. The molecule has 0 bridgehead atoms. The molecule has 9 heteroatoms. The number of nitrogens with one attached hydrogen (secondary N) is 1. The van der Waals surface area contributed by atoms with Gasteiger partial charge in [0.15, 0.2) is 0 Å². The maximum Gasteiger partial charge on any atom is 0.288 e. The Morgan fingerprint density at radius 3 is 2.50 bits per heavy atom. The smallest absolute Gasteiger partial charge is 0.288 e. The van der Waals surface area contributed by atoms with Gasteiger partial charge in [-0.3, -0.25) is 4.79 Å². The summed E-state index contributed by atoms with van der Waals surface area (Å²) in [5, 5.41) is 3.33. The topological polar surface area (TPSA) is 51.2 Å². The van der Waals surface area contributed by atoms with Crippen LogP contribution in [0.1, 0.15) is 20.4 Å². The number of hydrogen-bond donors (Lipinski definition) is 1. The van der Waals surface area contributed by atoms with E-state index in [0.717, 1.165) is 0 Å². The summed E-state index contributed by atoms with van der Waals surface area (Å²) < 4.78 is 43.1. The summed E-state index contributed by atoms with van der Waals surface area (Å²) in [6, 6.07) is 11.8. The van der Waals surface area contributed by atoms with E-state index in [0.29, 0.717) is 43.7 Å². The number of hydrogen-bond acceptors (Lipinski definition) is 5. The number of halogens is 3. The van der Waals surface area contributed by atoms with Crippen LogP contribution in [0.3, 0.4) is 0 Å². The number of ether oxygens (including phenoxy) is 1. The third-order valence-electron chi connectivity index (χ3n) is 3.56. The first-order valence-corrected chi connectivity index (χ1v) is 9.81. The lowest BCUT2D eigenvalue weighted by Crippen LogP contribution is -2.11. The van der Waals surface area contributed by atoms with Crippen LogP contribution >= 0.6 is 23.1 Å². The Hall–Kier alpha value is -2.52. The SMILES string of the molecule is Cc1nc(COc2ccc(F)cc2)sc1C(=O)Nc1ccc(SC(F)F)cc1. The van der Waals surface area contributed by atoms with E-state index in [-0.39, 0.29) is 18.3 Å². The number of thioether (sulfide) groups is 1. The molecule has 0 atom stereocenters. The standard InChI is InChI=1S/C19H15F3N2O2S2/c1-11-17(18(25)24-13-4-8-15(9-5-13)27-19(21)22)28-16(23-11)10-26-14-6-2-12(20)3-7-14/h2-9,19H,10H2,1H3,(H,24,25). The van der Waals surface area contributed by atoms with Gasteiger partial charge in [0.1, 0.15) is 28.1 Å². The summed E-state index contributed by atoms with van der Waals surface area (Å²) >= 11 is 1.64. The second kappa shape index (κ2) is 9.11. The zero-order valence-corrected chi connectivity index (χ0v) is 16.3. The van der Waals surface area contributed by atoms with Gasteiger partial charge >= 0.3 is 0 Å². The van der Waals surface area contributed by atoms with E-state index >= 15 is 0 Å². The number of nitrogens with zero attached hydrogens (tertiary/aromatic N) is 1. The van der Waals surface area contributed by atoms with Crippen molar-refractivity contribution in [2.75, 3.05) is 5.32 Å². The van der Waals surface area contributed by atoms with Gasteiger partial charge in [-0.25, -0.2) is 9.37 Å². The number of anilines is 1. The van der Waals surface area contributed by atoms with E-state index in [9.17, 15) is 18.0 Å². The minimum absolute atomic E-state index is 0.157. The van der Waals surface area contributed by atoms with Crippen molar-refractivity contribution in [1.29, 1.82) is 0 Å². The molecule has 1 heterocycles. The quantitative estimate of drug-likeness (QED) is 0.492. The molecule has 0 saturated heterocycles. The molecule has 28 heavy (non-hydrogen) atoms. The van der Waals surface area contributed by atoms with Crippen LogP contribution in [0.25, 0.3) is 0 Å². The molecule has 0 aliphatic carbocycles. The average molecular weight is 424 g/mol. The number of benzene rings is 2. The molecule has 0 fully saturated rings. The maximum absolute atomic E-state index is 12.9. The van der Waals surface area contributed by atoms with E-state index in [1.54, 1.807) is 19.1 Å². The van der Waals surface area contributed by atoms with Gasteiger partial charge in [0, 0.05) is 10.6 Å². The highest BCUT2D eigenvalue weighted by Gasteiger charge is 2.16. The van der Waals surface area contributed by atoms with E-state index in [2.05, 4.69) is 10.3 Å². The number of carbonyl (C=O) groups excluding carboxylic acids is 1. The van der Waals surface area contributed by atoms with Gasteiger partial charge in [0.05, 0.1) is 5.69 Å². The molecule has 3 rings (SSSR count). The highest BCUT2D eigenvalue weighted by atomic mass is 32.2. The summed E-state index contributed by atoms with van der Waals surface area (Å²) in [6.07, 6.45) is 0. The van der Waals surface area contributed by atoms with Gasteiger partial charge in [-0.05, 0) is 55.5 Å². The number of rotatable bonds is 7. The summed E-state index contributed by atoms with van der Waals surface area (Å²) in [4.78, 5) is 17.7. The van der Waals surface area contributed by atoms with Crippen molar-refractivity contribution in [2.45, 2.75) is 24.2 Å². The van der Waals surface area contributed by atoms with Crippen LogP contribution in [-0.4, -0.2) is 16.6 Å². The average Bonchev–Trinajstić information content (AvgIpc) is 3.03. The third kappa shape index (κ3) is 5.49. The lowest BCUT2D eigenvalue weighted by molar-refractivity contribution is 0.103. The molecule has 0 unspecified atom stereocenters. The van der Waals surface area contributed by atoms with Crippen LogP contribution in [0.15, 0.2) is 53.4 Å². The molecule has 3 aromatic rings. The summed E-state index contributed by atoms with van der Waals surface area (Å²) in [5.41, 5.74) is 1.06. The van der Waals surface area contributed by atoms with E-state index in [1.165, 1.54) is 47.7 Å². The minimum Gasteiger partial charge on any atom is -0.486 e. The van der Waals surface area contributed by atoms with Crippen LogP contribution in [0, 0.1) is 12.7 Å². The summed E-state index contributed by atoms with van der Waals surface area (Å²) in [6.45, 7) is 1.87. The van der Waals surface area contributed by atoms with Gasteiger partial charge in [-0.2, -0.15) is 8.78 Å². The Kier molecular flexibility index (Phi) is 6.58. The van der Waals surface area contributed by atoms with Gasteiger partial charge in [-0.15, -0.1) is 11.3 Å². The molecule has 4 nitrogen and oxygen atoms in total. The number of aryl methyl sites for hydroxylation is 1. The Morgan fingerprint density at radius 2 is 1.86 bits per heavy atom. The van der Waals surface area contributed by atoms with Crippen molar-refractivity contribution in [3.63, 3.8) is 0 Å². The predicted molar refractivity (Wildman–Crippen MR) is 104 cm³/mol. The molecule has 1 amide bonds. The number of aromatic nitrogens is 1. The van der Waals surface area contributed by atoms with Crippen LogP contribution in [0.5, 0.6) is 5.75 Å². The first-order valence-electron chi connectivity index (χ1n) is 8.11. The zero-order valence-electron chi connectivity index (χ0n) is 14.6. The molecule has 1 N–H and O–H groups in total. The number of thiazole rings is 1. The Bertz CT molecular complexity index is 945. The maximum atomic E-state index is 12.9. The fourth-order valence-electron chi connectivity index (χ4n) is 2.31. The van der Waals surface area contributed by atoms with Crippen molar-refractivity contribution >= 4 is 34.7 Å². The number of carbonyl (C=O) groups is 1. The summed E-state index contributed by atoms with van der Waals surface area (Å²) in [7, 11) is 0. The van der Waals surface area contributed by atoms with Crippen molar-refractivity contribution < 1.29 is 22.7 Å². The molecule has 0 aliphatic heterocycles. The number of amides is 1. The largest absolute Gasteiger partial charge is 0.486 e. The van der Waals surface area contributed by atoms with Crippen LogP contribution in [0.2, 0.25) is 0 Å². The fraction of sp³-hybridized carbons (Fsp3) is 0.158. The van der Waals surface area contributed by atoms with Gasteiger partial charge < -0.3 is 10.1 Å². The zero-order chi connectivity index (χ0) is 20.1. The number of alkyl halides is 2. The highest BCUT2D eigenvalue weighted by Crippen LogP contribution is 2.27. The molecule has 1 aromatic heterocycles. The van der Waals surface area contributed by atoms with Crippen molar-refractivity contribution in [2.24, 2.45) is 0 Å². The highest BCUT2D eigenvalue weighted by molar-refractivity contribution is 7.99. The Morgan fingerprint density at radius 1 is 1.18 bits per heavy atom. The van der Waals surface area contributed by atoms with Gasteiger partial charge in [-0.1, -0.05) is 11.8 Å². The van der Waals surface area contributed by atoms with Crippen molar-refractivity contribution in [3.05, 3.63) is 69.9 Å². The lowest BCUT2D eigenvalue weighted by Gasteiger charge is -2.05. The summed E-state index contributed by atoms with van der Waals surface area (Å²) in [5.74, 6) is -2.67. The molecular formula is C19H15F3N2O2S2. The molecule has 146 valence electrons. The molecule has 2 aromatic carbocycles. The third-order valence-corrected chi connectivity index (χ3v) is 5.41. The molecule has 0 aliphatic rings. The molecule has 0 spiro atoms. The molecular weight excluding hydrogens is 409 g/mol. The van der Waals surface area contributed by atoms with Crippen molar-refractivity contribution in [1.82, 2.24) is 4.98 Å². The first-order chi connectivity index (χ1) is 13.4. The van der Waals surface area contributed by atoms with E-state index in [1.807, 2.05) is 0 Å². The predicted octanol–water partition coefficient (Wildman–Crippen LogP) is 5.74. The van der Waals surface area contributed by atoms with E-state index in [4.69, 9.17) is 4.74 Å².